The van der Waals surface area contributed by atoms with E-state index >= 15 is 0 Å². The maximum Gasteiger partial charge on any atom is 0.251 e. The highest BCUT2D eigenvalue weighted by molar-refractivity contribution is 7.94. The van der Waals surface area contributed by atoms with Crippen molar-refractivity contribution in [3.8, 4) is 5.75 Å². The van der Waals surface area contributed by atoms with Crippen molar-refractivity contribution in [2.45, 2.75) is 37.8 Å². The Morgan fingerprint density at radius 3 is 2.50 bits per heavy atom. The molecule has 1 atom stereocenters. The van der Waals surface area contributed by atoms with Crippen LogP contribution in [-0.4, -0.2) is 56.1 Å². The molecule has 2 heterocycles. The van der Waals surface area contributed by atoms with Gasteiger partial charge in [-0.05, 0) is 37.1 Å². The Balaban J connectivity index is 1.31. The first-order valence-electron chi connectivity index (χ1n) is 9.67. The summed E-state index contributed by atoms with van der Waals surface area (Å²) >= 11 is 0. The molecule has 1 N–H and O–H groups in total. The fourth-order valence-corrected chi connectivity index (χ4v) is 4.84. The zero-order chi connectivity index (χ0) is 19.7. The van der Waals surface area contributed by atoms with Crippen LogP contribution in [0.2, 0.25) is 0 Å². The topological polar surface area (TPSA) is 92.8 Å². The molecule has 28 heavy (non-hydrogen) atoms. The number of piperidine rings is 1. The normalized spacial score (nSPS) is 24.1. The van der Waals surface area contributed by atoms with Crippen LogP contribution >= 0.6 is 0 Å². The van der Waals surface area contributed by atoms with E-state index in [0.29, 0.717) is 24.4 Å². The van der Waals surface area contributed by atoms with Crippen LogP contribution in [0.25, 0.3) is 0 Å². The number of amides is 2. The molecule has 1 aromatic carbocycles. The average molecular weight is 404 g/mol. The van der Waals surface area contributed by atoms with Crippen LogP contribution in [0.15, 0.2) is 35.7 Å². The molecule has 1 saturated carbocycles. The summed E-state index contributed by atoms with van der Waals surface area (Å²) < 4.78 is 28.9. The fraction of sp³-hybridized carbons (Fsp3) is 0.500. The SMILES string of the molecule is O=C(NC1C=CS(=O)(=O)C1)c1cccc(OC2CCN(C(=O)C3CC3)CC2)c1. The Labute approximate surface area is 164 Å². The van der Waals surface area contributed by atoms with Gasteiger partial charge >= 0.3 is 0 Å². The molecule has 0 bridgehead atoms. The zero-order valence-corrected chi connectivity index (χ0v) is 16.4. The van der Waals surface area contributed by atoms with Crippen LogP contribution in [0, 0.1) is 5.92 Å². The summed E-state index contributed by atoms with van der Waals surface area (Å²) in [7, 11) is -3.21. The molecule has 4 rings (SSSR count). The van der Waals surface area contributed by atoms with E-state index in [2.05, 4.69) is 5.32 Å². The molecule has 1 aromatic rings. The first-order chi connectivity index (χ1) is 13.4. The summed E-state index contributed by atoms with van der Waals surface area (Å²) in [6.45, 7) is 1.42. The van der Waals surface area contributed by atoms with E-state index in [1.54, 1.807) is 24.3 Å². The van der Waals surface area contributed by atoms with Crippen LogP contribution in [0.4, 0.5) is 0 Å². The molecule has 2 aliphatic heterocycles. The molecule has 2 amide bonds. The average Bonchev–Trinajstić information content (AvgIpc) is 3.46. The number of ether oxygens (including phenoxy) is 1. The largest absolute Gasteiger partial charge is 0.490 e. The van der Waals surface area contributed by atoms with Gasteiger partial charge in [-0.1, -0.05) is 6.07 Å². The number of sulfone groups is 1. The predicted octanol–water partition coefficient (Wildman–Crippen LogP) is 1.51. The maximum absolute atomic E-state index is 12.4. The lowest BCUT2D eigenvalue weighted by Gasteiger charge is -2.32. The van der Waals surface area contributed by atoms with Crippen molar-refractivity contribution in [3.63, 3.8) is 0 Å². The second-order valence-corrected chi connectivity index (χ2v) is 9.61. The number of nitrogens with one attached hydrogen (secondary N) is 1. The van der Waals surface area contributed by atoms with Gasteiger partial charge in [-0.3, -0.25) is 9.59 Å². The summed E-state index contributed by atoms with van der Waals surface area (Å²) in [5.41, 5.74) is 0.427. The number of carbonyl (C=O) groups excluding carboxylic acids is 2. The molecule has 7 nitrogen and oxygen atoms in total. The molecule has 1 aliphatic carbocycles. The molecule has 1 unspecified atom stereocenters. The van der Waals surface area contributed by atoms with Crippen LogP contribution in [0.1, 0.15) is 36.0 Å². The third kappa shape index (κ3) is 4.55. The summed E-state index contributed by atoms with van der Waals surface area (Å²) in [5, 5.41) is 3.85. The summed E-state index contributed by atoms with van der Waals surface area (Å²) in [6.07, 6.45) is 5.10. The van der Waals surface area contributed by atoms with E-state index < -0.39 is 15.9 Å². The number of likely N-dealkylation sites (tertiary alicyclic amines) is 1. The Kier molecular flexibility index (Phi) is 5.14. The number of benzene rings is 1. The summed E-state index contributed by atoms with van der Waals surface area (Å²) in [5.74, 6) is 0.696. The number of hydrogen-bond acceptors (Lipinski definition) is 5. The van der Waals surface area contributed by atoms with E-state index in [1.807, 2.05) is 4.90 Å². The Morgan fingerprint density at radius 2 is 1.86 bits per heavy atom. The lowest BCUT2D eigenvalue weighted by Crippen LogP contribution is -2.42. The van der Waals surface area contributed by atoms with E-state index in [0.717, 1.165) is 31.1 Å². The van der Waals surface area contributed by atoms with Crippen molar-refractivity contribution in [1.82, 2.24) is 10.2 Å². The highest BCUT2D eigenvalue weighted by Gasteiger charge is 2.35. The standard InChI is InChI=1S/C20H24N2O5S/c23-19(21-16-8-11-28(25,26)13-16)15-2-1-3-18(12-15)27-17-6-9-22(10-7-17)20(24)14-4-5-14/h1-3,8,11-12,14,16-17H,4-7,9-10,13H2,(H,21,23). The second-order valence-electron chi connectivity index (χ2n) is 7.68. The first-order valence-corrected chi connectivity index (χ1v) is 11.4. The first kappa shape index (κ1) is 19.0. The predicted molar refractivity (Wildman–Crippen MR) is 104 cm³/mol. The minimum atomic E-state index is -3.21. The minimum Gasteiger partial charge on any atom is -0.490 e. The van der Waals surface area contributed by atoms with Crippen LogP contribution in [-0.2, 0) is 14.6 Å². The van der Waals surface area contributed by atoms with Gasteiger partial charge in [0.05, 0.1) is 11.8 Å². The summed E-state index contributed by atoms with van der Waals surface area (Å²) in [4.78, 5) is 26.5. The molecule has 8 heteroatoms. The minimum absolute atomic E-state index is 0.0180. The van der Waals surface area contributed by atoms with Gasteiger partial charge in [-0.2, -0.15) is 0 Å². The molecular formula is C20H24N2O5S. The van der Waals surface area contributed by atoms with Crippen LogP contribution < -0.4 is 10.1 Å². The molecule has 3 aliphatic rings. The quantitative estimate of drug-likeness (QED) is 0.803. The van der Waals surface area contributed by atoms with E-state index in [1.165, 1.54) is 6.08 Å². The number of hydrogen-bond donors (Lipinski definition) is 1. The molecule has 0 spiro atoms. The van der Waals surface area contributed by atoms with Gasteiger partial charge in [0.15, 0.2) is 9.84 Å². The molecule has 1 saturated heterocycles. The van der Waals surface area contributed by atoms with Crippen molar-refractivity contribution < 1.29 is 22.7 Å². The fourth-order valence-electron chi connectivity index (χ4n) is 3.60. The molecule has 0 radical (unpaired) electrons. The third-order valence-corrected chi connectivity index (χ3v) is 6.72. The lowest BCUT2D eigenvalue weighted by molar-refractivity contribution is -0.134. The van der Waals surface area contributed by atoms with Crippen molar-refractivity contribution in [1.29, 1.82) is 0 Å². The number of nitrogens with zero attached hydrogens (tertiary/aromatic N) is 1. The Morgan fingerprint density at radius 1 is 1.11 bits per heavy atom. The Bertz CT molecular complexity index is 899. The highest BCUT2D eigenvalue weighted by Crippen LogP contribution is 2.32. The third-order valence-electron chi connectivity index (χ3n) is 5.33. The van der Waals surface area contributed by atoms with Gasteiger partial charge in [0, 0.05) is 42.8 Å². The van der Waals surface area contributed by atoms with Crippen molar-refractivity contribution in [2.75, 3.05) is 18.8 Å². The van der Waals surface area contributed by atoms with Gasteiger partial charge in [0.2, 0.25) is 5.91 Å². The van der Waals surface area contributed by atoms with Gasteiger partial charge in [-0.15, -0.1) is 0 Å². The van der Waals surface area contributed by atoms with Gasteiger partial charge in [0.25, 0.3) is 5.91 Å². The number of rotatable bonds is 5. The monoisotopic (exact) mass is 404 g/mol. The molecular weight excluding hydrogens is 380 g/mol. The van der Waals surface area contributed by atoms with Gasteiger partial charge in [-0.25, -0.2) is 8.42 Å². The molecule has 0 aromatic heterocycles. The molecule has 2 fully saturated rings. The second kappa shape index (κ2) is 7.58. The van der Waals surface area contributed by atoms with Gasteiger partial charge < -0.3 is 15.0 Å². The van der Waals surface area contributed by atoms with Crippen LogP contribution in [0.3, 0.4) is 0 Å². The van der Waals surface area contributed by atoms with E-state index in [4.69, 9.17) is 4.74 Å². The van der Waals surface area contributed by atoms with Crippen molar-refractivity contribution >= 4 is 21.7 Å². The van der Waals surface area contributed by atoms with Crippen LogP contribution in [0.5, 0.6) is 5.75 Å². The van der Waals surface area contributed by atoms with Crippen molar-refractivity contribution in [2.24, 2.45) is 5.92 Å². The highest BCUT2D eigenvalue weighted by atomic mass is 32.2. The van der Waals surface area contributed by atoms with E-state index in [-0.39, 0.29) is 29.6 Å². The maximum atomic E-state index is 12.4. The van der Waals surface area contributed by atoms with Gasteiger partial charge in [0.1, 0.15) is 11.9 Å². The number of carbonyl (C=O) groups is 2. The summed E-state index contributed by atoms with van der Waals surface area (Å²) in [6, 6.07) is 6.39. The van der Waals surface area contributed by atoms with E-state index in [9.17, 15) is 18.0 Å². The Hall–Kier alpha value is -2.35. The smallest absolute Gasteiger partial charge is 0.251 e. The van der Waals surface area contributed by atoms with Crippen molar-refractivity contribution in [3.05, 3.63) is 41.3 Å². The zero-order valence-electron chi connectivity index (χ0n) is 15.5. The molecule has 150 valence electrons. The lowest BCUT2D eigenvalue weighted by atomic mass is 10.1.